The summed E-state index contributed by atoms with van der Waals surface area (Å²) in [4.78, 5) is 0. The topological polar surface area (TPSA) is 29.5 Å². The first-order chi connectivity index (χ1) is 9.41. The molecule has 106 valence electrons. The zero-order chi connectivity index (χ0) is 15.0. The van der Waals surface area contributed by atoms with Crippen molar-refractivity contribution in [3.8, 4) is 23.7 Å². The molecule has 0 heterocycles. The fourth-order valence-electron chi connectivity index (χ4n) is 1.33. The molecule has 0 aliphatic rings. The van der Waals surface area contributed by atoms with Crippen molar-refractivity contribution in [2.75, 3.05) is 0 Å². The van der Waals surface area contributed by atoms with Crippen LogP contribution in [0.15, 0.2) is 30.3 Å². The van der Waals surface area contributed by atoms with Crippen LogP contribution in [0.2, 0.25) is 0 Å². The van der Waals surface area contributed by atoms with Gasteiger partial charge in [0.25, 0.3) is 0 Å². The van der Waals surface area contributed by atoms with E-state index in [9.17, 15) is 5.11 Å². The molecule has 0 radical (unpaired) electrons. The fraction of sp³-hybridized carbons (Fsp3) is 0.444. The van der Waals surface area contributed by atoms with E-state index in [0.29, 0.717) is 6.61 Å². The van der Waals surface area contributed by atoms with Gasteiger partial charge in [-0.1, -0.05) is 56.0 Å². The molecule has 0 aliphatic heterocycles. The van der Waals surface area contributed by atoms with Gasteiger partial charge in [0.2, 0.25) is 0 Å². The summed E-state index contributed by atoms with van der Waals surface area (Å²) < 4.78 is 5.77. The van der Waals surface area contributed by atoms with Crippen LogP contribution in [-0.4, -0.2) is 16.8 Å². The van der Waals surface area contributed by atoms with E-state index in [-0.39, 0.29) is 5.92 Å². The molecule has 0 unspecified atom stereocenters. The van der Waals surface area contributed by atoms with Crippen molar-refractivity contribution in [3.63, 3.8) is 0 Å². The second-order valence-corrected chi connectivity index (χ2v) is 5.49. The Bertz CT molecular complexity index is 521. The Morgan fingerprint density at radius 3 is 2.40 bits per heavy atom. The molecule has 2 heteroatoms. The first-order valence-electron chi connectivity index (χ1n) is 6.79. The van der Waals surface area contributed by atoms with Gasteiger partial charge in [0.1, 0.15) is 11.7 Å². The van der Waals surface area contributed by atoms with Crippen LogP contribution in [0.5, 0.6) is 0 Å². The third-order valence-corrected chi connectivity index (χ3v) is 2.72. The summed E-state index contributed by atoms with van der Waals surface area (Å²) in [6.45, 7) is 8.16. The summed E-state index contributed by atoms with van der Waals surface area (Å²) in [5.74, 6) is 11.2. The Morgan fingerprint density at radius 1 is 1.15 bits per heavy atom. The summed E-state index contributed by atoms with van der Waals surface area (Å²) >= 11 is 0. The van der Waals surface area contributed by atoms with Crippen LogP contribution >= 0.6 is 0 Å². The number of benzene rings is 1. The van der Waals surface area contributed by atoms with Crippen molar-refractivity contribution in [2.24, 2.45) is 5.92 Å². The number of aliphatic hydroxyl groups is 1. The van der Waals surface area contributed by atoms with Crippen molar-refractivity contribution >= 4 is 0 Å². The van der Waals surface area contributed by atoms with Crippen LogP contribution < -0.4 is 0 Å². The van der Waals surface area contributed by atoms with Crippen molar-refractivity contribution in [2.45, 2.75) is 46.0 Å². The first-order valence-corrected chi connectivity index (χ1v) is 6.79. The Kier molecular flexibility index (Phi) is 6.32. The molecule has 1 rings (SSSR count). The standard InChI is InChI=1S/C18H22O2/c1-15(2)17(19)12-8-9-13-18(3,4)20-14-16-10-6-5-7-11-16/h5-7,10-11,15,17,19H,14H2,1-4H3/t17-/m1/s1. The van der Waals surface area contributed by atoms with Gasteiger partial charge in [-0.25, -0.2) is 0 Å². The number of rotatable bonds is 4. The lowest BCUT2D eigenvalue weighted by atomic mass is 10.1. The number of aliphatic hydroxyl groups excluding tert-OH is 1. The summed E-state index contributed by atoms with van der Waals surface area (Å²) in [5, 5.41) is 9.54. The smallest absolute Gasteiger partial charge is 0.124 e. The molecule has 0 amide bonds. The van der Waals surface area contributed by atoms with Gasteiger partial charge in [-0.3, -0.25) is 0 Å². The summed E-state index contributed by atoms with van der Waals surface area (Å²) in [7, 11) is 0. The second-order valence-electron chi connectivity index (χ2n) is 5.49. The maximum Gasteiger partial charge on any atom is 0.124 e. The monoisotopic (exact) mass is 270 g/mol. The van der Waals surface area contributed by atoms with Crippen molar-refractivity contribution < 1.29 is 9.84 Å². The quantitative estimate of drug-likeness (QED) is 0.852. The summed E-state index contributed by atoms with van der Waals surface area (Å²) in [6, 6.07) is 9.97. The number of ether oxygens (including phenoxy) is 1. The highest BCUT2D eigenvalue weighted by Crippen LogP contribution is 2.11. The summed E-state index contributed by atoms with van der Waals surface area (Å²) in [6.07, 6.45) is -0.627. The van der Waals surface area contributed by atoms with Gasteiger partial charge in [0.05, 0.1) is 6.61 Å². The predicted molar refractivity (Wildman–Crippen MR) is 81.7 cm³/mol. The maximum atomic E-state index is 9.54. The van der Waals surface area contributed by atoms with E-state index in [2.05, 4.69) is 23.7 Å². The van der Waals surface area contributed by atoms with Crippen LogP contribution in [0.3, 0.4) is 0 Å². The summed E-state index contributed by atoms with van der Waals surface area (Å²) in [5.41, 5.74) is 0.552. The Labute approximate surface area is 122 Å². The normalized spacial score (nSPS) is 12.1. The maximum absolute atomic E-state index is 9.54. The molecule has 0 aliphatic carbocycles. The lowest BCUT2D eigenvalue weighted by molar-refractivity contribution is 0.0144. The average Bonchev–Trinajstić information content (AvgIpc) is 2.42. The molecule has 0 bridgehead atoms. The van der Waals surface area contributed by atoms with Crippen LogP contribution in [0.4, 0.5) is 0 Å². The van der Waals surface area contributed by atoms with Gasteiger partial charge in [0, 0.05) is 0 Å². The van der Waals surface area contributed by atoms with E-state index < -0.39 is 11.7 Å². The van der Waals surface area contributed by atoms with Crippen molar-refractivity contribution in [3.05, 3.63) is 35.9 Å². The minimum absolute atomic E-state index is 0.117. The molecule has 1 atom stereocenters. The zero-order valence-corrected chi connectivity index (χ0v) is 12.6. The van der Waals surface area contributed by atoms with Gasteiger partial charge < -0.3 is 9.84 Å². The third kappa shape index (κ3) is 6.43. The van der Waals surface area contributed by atoms with Gasteiger partial charge in [-0.05, 0) is 37.2 Å². The lowest BCUT2D eigenvalue weighted by Crippen LogP contribution is -2.21. The van der Waals surface area contributed by atoms with Crippen molar-refractivity contribution in [1.29, 1.82) is 0 Å². The van der Waals surface area contributed by atoms with E-state index in [1.165, 1.54) is 0 Å². The van der Waals surface area contributed by atoms with E-state index in [1.54, 1.807) is 0 Å². The van der Waals surface area contributed by atoms with Gasteiger partial charge >= 0.3 is 0 Å². The second kappa shape index (κ2) is 7.75. The van der Waals surface area contributed by atoms with E-state index in [4.69, 9.17) is 4.74 Å². The molecule has 1 N–H and O–H groups in total. The highest BCUT2D eigenvalue weighted by molar-refractivity contribution is 5.30. The zero-order valence-electron chi connectivity index (χ0n) is 12.6. The lowest BCUT2D eigenvalue weighted by Gasteiger charge is -2.18. The molecule has 2 nitrogen and oxygen atoms in total. The molecule has 0 saturated carbocycles. The van der Waals surface area contributed by atoms with E-state index in [0.717, 1.165) is 5.56 Å². The highest BCUT2D eigenvalue weighted by atomic mass is 16.5. The van der Waals surface area contributed by atoms with E-state index >= 15 is 0 Å². The molecule has 0 aromatic heterocycles. The van der Waals surface area contributed by atoms with Crippen LogP contribution in [0.25, 0.3) is 0 Å². The molecular formula is C18H22O2. The molecule has 20 heavy (non-hydrogen) atoms. The minimum atomic E-state index is -0.627. The molecule has 1 aromatic carbocycles. The Balaban J connectivity index is 2.53. The molecule has 0 fully saturated rings. The fourth-order valence-corrected chi connectivity index (χ4v) is 1.33. The van der Waals surface area contributed by atoms with Crippen LogP contribution in [-0.2, 0) is 11.3 Å². The average molecular weight is 270 g/mol. The third-order valence-electron chi connectivity index (χ3n) is 2.72. The highest BCUT2D eigenvalue weighted by Gasteiger charge is 2.14. The molecule has 1 aromatic rings. The Hall–Kier alpha value is -1.74. The molecule has 0 saturated heterocycles. The number of hydrogen-bond acceptors (Lipinski definition) is 2. The van der Waals surface area contributed by atoms with Crippen LogP contribution in [0, 0.1) is 29.6 Å². The number of hydrogen-bond donors (Lipinski definition) is 1. The molecular weight excluding hydrogens is 248 g/mol. The van der Waals surface area contributed by atoms with Gasteiger partial charge in [-0.15, -0.1) is 0 Å². The SMILES string of the molecule is CC(C)[C@H](O)C#CC#CC(C)(C)OCc1ccccc1. The largest absolute Gasteiger partial charge is 0.380 e. The first kappa shape index (κ1) is 16.3. The molecule has 0 spiro atoms. The Morgan fingerprint density at radius 2 is 1.80 bits per heavy atom. The van der Waals surface area contributed by atoms with Crippen molar-refractivity contribution in [1.82, 2.24) is 0 Å². The van der Waals surface area contributed by atoms with Crippen LogP contribution in [0.1, 0.15) is 33.3 Å². The predicted octanol–water partition coefficient (Wildman–Crippen LogP) is 3.01. The minimum Gasteiger partial charge on any atom is -0.380 e. The van der Waals surface area contributed by atoms with Gasteiger partial charge in [-0.2, -0.15) is 0 Å². The van der Waals surface area contributed by atoms with E-state index in [1.807, 2.05) is 58.0 Å². The van der Waals surface area contributed by atoms with Gasteiger partial charge in [0.15, 0.2) is 0 Å².